The fourth-order valence-electron chi connectivity index (χ4n) is 6.24. The molecule has 0 aliphatic carbocycles. The molecular formula is C48H51NO3. The van der Waals surface area contributed by atoms with Crippen molar-refractivity contribution in [2.75, 3.05) is 24.7 Å². The Balaban J connectivity index is 1.59. The number of hydrogen-bond donors (Lipinski definition) is 0. The van der Waals surface area contributed by atoms with Gasteiger partial charge in [0.05, 0.1) is 36.9 Å². The van der Waals surface area contributed by atoms with Crippen LogP contribution in [0.3, 0.4) is 0 Å². The SMILES string of the molecule is CCCCOc1cc(-c2ccccc2)ccc1N(c1ccc(-c2ccccc2)cc1OCCCC)c1ccc(-c2ccccc2)cc1OCCCC. The molecule has 0 amide bonds. The Hall–Kier alpha value is -5.48. The number of rotatable bonds is 18. The summed E-state index contributed by atoms with van der Waals surface area (Å²) in [5.74, 6) is 2.44. The summed E-state index contributed by atoms with van der Waals surface area (Å²) in [6.45, 7) is 8.44. The zero-order valence-corrected chi connectivity index (χ0v) is 30.9. The molecule has 0 aliphatic rings. The van der Waals surface area contributed by atoms with Gasteiger partial charge in [0.1, 0.15) is 17.2 Å². The van der Waals surface area contributed by atoms with E-state index in [2.05, 4.69) is 171 Å². The van der Waals surface area contributed by atoms with Gasteiger partial charge < -0.3 is 14.2 Å². The predicted octanol–water partition coefficient (Wildman–Crippen LogP) is 13.7. The fraction of sp³-hybridized carbons (Fsp3) is 0.250. The zero-order chi connectivity index (χ0) is 36.0. The zero-order valence-electron chi connectivity index (χ0n) is 30.9. The summed E-state index contributed by atoms with van der Waals surface area (Å²) in [7, 11) is 0. The van der Waals surface area contributed by atoms with Crippen LogP contribution >= 0.6 is 0 Å². The first-order valence-electron chi connectivity index (χ1n) is 19.0. The molecule has 0 unspecified atom stereocenters. The van der Waals surface area contributed by atoms with Crippen LogP contribution in [0, 0.1) is 0 Å². The van der Waals surface area contributed by atoms with Crippen molar-refractivity contribution >= 4 is 17.1 Å². The highest BCUT2D eigenvalue weighted by Crippen LogP contribution is 2.50. The summed E-state index contributed by atoms with van der Waals surface area (Å²) < 4.78 is 20.1. The van der Waals surface area contributed by atoms with E-state index in [1.54, 1.807) is 0 Å². The molecule has 0 aliphatic heterocycles. The average Bonchev–Trinajstić information content (AvgIpc) is 3.20. The molecular weight excluding hydrogens is 639 g/mol. The Morgan fingerprint density at radius 3 is 0.904 bits per heavy atom. The average molecular weight is 690 g/mol. The Morgan fingerprint density at radius 1 is 0.346 bits per heavy atom. The molecule has 0 heterocycles. The molecule has 6 aromatic rings. The summed E-state index contributed by atoms with van der Waals surface area (Å²) in [5, 5.41) is 0. The third-order valence-electron chi connectivity index (χ3n) is 9.19. The van der Waals surface area contributed by atoms with Gasteiger partial charge in [-0.3, -0.25) is 4.90 Å². The minimum atomic E-state index is 0.620. The van der Waals surface area contributed by atoms with E-state index in [1.165, 1.54) is 0 Å². The molecule has 6 aromatic carbocycles. The van der Waals surface area contributed by atoms with Crippen molar-refractivity contribution in [3.63, 3.8) is 0 Å². The van der Waals surface area contributed by atoms with Gasteiger partial charge in [0.25, 0.3) is 0 Å². The van der Waals surface area contributed by atoms with E-state index in [1.807, 2.05) is 0 Å². The third-order valence-corrected chi connectivity index (χ3v) is 9.19. The van der Waals surface area contributed by atoms with E-state index in [-0.39, 0.29) is 0 Å². The van der Waals surface area contributed by atoms with Gasteiger partial charge in [-0.2, -0.15) is 0 Å². The second-order valence-corrected chi connectivity index (χ2v) is 13.1. The first kappa shape index (κ1) is 36.3. The molecule has 266 valence electrons. The molecule has 4 heteroatoms. The van der Waals surface area contributed by atoms with E-state index in [0.717, 1.165) is 106 Å². The number of hydrogen-bond acceptors (Lipinski definition) is 4. The molecule has 52 heavy (non-hydrogen) atoms. The van der Waals surface area contributed by atoms with Gasteiger partial charge in [-0.1, -0.05) is 149 Å². The lowest BCUT2D eigenvalue weighted by molar-refractivity contribution is 0.306. The highest BCUT2D eigenvalue weighted by atomic mass is 16.5. The van der Waals surface area contributed by atoms with Gasteiger partial charge in [0, 0.05) is 0 Å². The van der Waals surface area contributed by atoms with Crippen LogP contribution in [0.1, 0.15) is 59.3 Å². The van der Waals surface area contributed by atoms with Crippen LogP contribution in [0.2, 0.25) is 0 Å². The van der Waals surface area contributed by atoms with Gasteiger partial charge in [0.15, 0.2) is 0 Å². The summed E-state index contributed by atoms with van der Waals surface area (Å²) in [5.41, 5.74) is 9.53. The summed E-state index contributed by atoms with van der Waals surface area (Å²) in [6, 6.07) is 51.2. The number of unbranched alkanes of at least 4 members (excludes halogenated alkanes) is 3. The summed E-state index contributed by atoms with van der Waals surface area (Å²) in [6.07, 6.45) is 6.02. The molecule has 6 rings (SSSR count). The maximum absolute atomic E-state index is 6.70. The molecule has 0 aromatic heterocycles. The molecule has 0 bridgehead atoms. The molecule has 0 saturated carbocycles. The minimum Gasteiger partial charge on any atom is -0.491 e. The largest absolute Gasteiger partial charge is 0.491 e. The van der Waals surface area contributed by atoms with Crippen molar-refractivity contribution < 1.29 is 14.2 Å². The van der Waals surface area contributed by atoms with Crippen molar-refractivity contribution in [3.8, 4) is 50.6 Å². The lowest BCUT2D eigenvalue weighted by Gasteiger charge is -2.31. The highest BCUT2D eigenvalue weighted by Gasteiger charge is 2.25. The van der Waals surface area contributed by atoms with Crippen LogP contribution < -0.4 is 19.1 Å². The van der Waals surface area contributed by atoms with Crippen LogP contribution in [0.4, 0.5) is 17.1 Å². The first-order valence-corrected chi connectivity index (χ1v) is 19.0. The molecule has 4 nitrogen and oxygen atoms in total. The van der Waals surface area contributed by atoms with E-state index < -0.39 is 0 Å². The number of benzene rings is 6. The monoisotopic (exact) mass is 689 g/mol. The van der Waals surface area contributed by atoms with E-state index in [4.69, 9.17) is 14.2 Å². The van der Waals surface area contributed by atoms with E-state index >= 15 is 0 Å². The van der Waals surface area contributed by atoms with Crippen molar-refractivity contribution in [2.45, 2.75) is 59.3 Å². The number of anilines is 3. The van der Waals surface area contributed by atoms with E-state index in [0.29, 0.717) is 19.8 Å². The minimum absolute atomic E-state index is 0.620. The van der Waals surface area contributed by atoms with Crippen molar-refractivity contribution in [1.82, 2.24) is 0 Å². The van der Waals surface area contributed by atoms with Crippen molar-refractivity contribution in [1.29, 1.82) is 0 Å². The second-order valence-electron chi connectivity index (χ2n) is 13.1. The van der Waals surface area contributed by atoms with Gasteiger partial charge in [0.2, 0.25) is 0 Å². The summed E-state index contributed by atoms with van der Waals surface area (Å²) >= 11 is 0. The lowest BCUT2D eigenvalue weighted by atomic mass is 10.0. The Kier molecular flexibility index (Phi) is 13.0. The van der Waals surface area contributed by atoms with Crippen LogP contribution in [0.5, 0.6) is 17.2 Å². The Labute approximate surface area is 310 Å². The Morgan fingerprint density at radius 2 is 0.635 bits per heavy atom. The molecule has 0 N–H and O–H groups in total. The Bertz CT molecular complexity index is 1740. The van der Waals surface area contributed by atoms with Crippen molar-refractivity contribution in [3.05, 3.63) is 146 Å². The molecule has 0 saturated heterocycles. The van der Waals surface area contributed by atoms with Gasteiger partial charge in [-0.15, -0.1) is 0 Å². The standard InChI is InChI=1S/C48H51NO3/c1-4-7-31-50-46-34-40(37-19-13-10-14-20-37)25-28-43(46)49(44-29-26-41(38-21-15-11-16-22-38)35-47(44)51-32-8-5-2)45-30-27-42(39-23-17-12-18-24-39)36-48(45)52-33-9-6-3/h10-30,34-36H,4-9,31-33H2,1-3H3. The van der Waals surface area contributed by atoms with Gasteiger partial charge in [-0.05, 0) is 89.0 Å². The second kappa shape index (κ2) is 18.7. The molecule has 0 atom stereocenters. The van der Waals surface area contributed by atoms with Crippen LogP contribution in [0.25, 0.3) is 33.4 Å². The van der Waals surface area contributed by atoms with Crippen LogP contribution in [-0.2, 0) is 0 Å². The van der Waals surface area contributed by atoms with Crippen molar-refractivity contribution in [2.24, 2.45) is 0 Å². The summed E-state index contributed by atoms with van der Waals surface area (Å²) in [4.78, 5) is 2.28. The lowest BCUT2D eigenvalue weighted by Crippen LogP contribution is -2.15. The maximum atomic E-state index is 6.70. The quantitative estimate of drug-likeness (QED) is 0.0841. The molecule has 0 fully saturated rings. The highest BCUT2D eigenvalue weighted by molar-refractivity contribution is 5.89. The number of nitrogens with zero attached hydrogens (tertiary/aromatic N) is 1. The van der Waals surface area contributed by atoms with Gasteiger partial charge >= 0.3 is 0 Å². The smallest absolute Gasteiger partial charge is 0.143 e. The first-order chi connectivity index (χ1) is 25.7. The topological polar surface area (TPSA) is 30.9 Å². The normalized spacial score (nSPS) is 10.9. The van der Waals surface area contributed by atoms with Crippen LogP contribution in [-0.4, -0.2) is 19.8 Å². The number of ether oxygens (including phenoxy) is 3. The van der Waals surface area contributed by atoms with Crippen LogP contribution in [0.15, 0.2) is 146 Å². The maximum Gasteiger partial charge on any atom is 0.143 e. The molecule has 0 radical (unpaired) electrons. The third kappa shape index (κ3) is 9.05. The van der Waals surface area contributed by atoms with E-state index in [9.17, 15) is 0 Å². The molecule has 0 spiro atoms. The van der Waals surface area contributed by atoms with Gasteiger partial charge in [-0.25, -0.2) is 0 Å². The fourth-order valence-corrected chi connectivity index (χ4v) is 6.24. The predicted molar refractivity (Wildman–Crippen MR) is 219 cm³/mol.